The lowest BCUT2D eigenvalue weighted by molar-refractivity contribution is -0.116. The minimum absolute atomic E-state index is 0.0715. The zero-order chi connectivity index (χ0) is 19.3. The molecule has 8 heteroatoms. The Morgan fingerprint density at radius 3 is 2.63 bits per heavy atom. The molecule has 2 aromatic rings. The summed E-state index contributed by atoms with van der Waals surface area (Å²) in [6.07, 6.45) is 1.55. The Hall–Kier alpha value is -2.71. The van der Waals surface area contributed by atoms with E-state index < -0.39 is 16.1 Å². The van der Waals surface area contributed by atoms with E-state index in [1.54, 1.807) is 12.1 Å². The highest BCUT2D eigenvalue weighted by molar-refractivity contribution is 7.90. The first-order chi connectivity index (χ1) is 12.9. The molecule has 1 unspecified atom stereocenters. The number of hydrogen-bond donors (Lipinski definition) is 3. The summed E-state index contributed by atoms with van der Waals surface area (Å²) in [7, 11) is -3.72. The van der Waals surface area contributed by atoms with E-state index in [0.717, 1.165) is 12.0 Å². The largest absolute Gasteiger partial charge is 0.326 e. The SMILES string of the molecule is NC(CC(=O)Nc1cccc(S(=O)(=O)NC2=NCCC2)c1)c1ccccc1. The molecule has 0 fully saturated rings. The van der Waals surface area contributed by atoms with Crippen LogP contribution < -0.4 is 15.8 Å². The average Bonchev–Trinajstić information content (AvgIpc) is 3.15. The summed E-state index contributed by atoms with van der Waals surface area (Å²) in [6.45, 7) is 0.635. The van der Waals surface area contributed by atoms with Gasteiger partial charge in [0, 0.05) is 31.1 Å². The number of carbonyl (C=O) groups excluding carboxylic acids is 1. The number of amidine groups is 1. The van der Waals surface area contributed by atoms with Crippen LogP contribution in [-0.2, 0) is 14.8 Å². The fraction of sp³-hybridized carbons (Fsp3) is 0.263. The number of carbonyl (C=O) groups is 1. The maximum atomic E-state index is 12.5. The minimum atomic E-state index is -3.72. The van der Waals surface area contributed by atoms with E-state index >= 15 is 0 Å². The van der Waals surface area contributed by atoms with E-state index in [2.05, 4.69) is 15.0 Å². The molecular weight excluding hydrogens is 364 g/mol. The van der Waals surface area contributed by atoms with Crippen LogP contribution in [0.1, 0.15) is 30.9 Å². The molecule has 0 aliphatic carbocycles. The van der Waals surface area contributed by atoms with Crippen LogP contribution in [0.2, 0.25) is 0 Å². The van der Waals surface area contributed by atoms with Gasteiger partial charge in [0.25, 0.3) is 10.0 Å². The van der Waals surface area contributed by atoms with Crippen LogP contribution in [0.4, 0.5) is 5.69 Å². The molecule has 27 heavy (non-hydrogen) atoms. The highest BCUT2D eigenvalue weighted by atomic mass is 32.2. The molecule has 0 aromatic heterocycles. The van der Waals surface area contributed by atoms with Crippen molar-refractivity contribution in [1.29, 1.82) is 0 Å². The van der Waals surface area contributed by atoms with Crippen molar-refractivity contribution in [2.75, 3.05) is 11.9 Å². The molecule has 4 N–H and O–H groups in total. The molecule has 0 radical (unpaired) electrons. The molecule has 1 amide bonds. The summed E-state index contributed by atoms with van der Waals surface area (Å²) < 4.78 is 27.4. The molecular formula is C19H22N4O3S. The molecule has 0 bridgehead atoms. The number of amides is 1. The van der Waals surface area contributed by atoms with Crippen molar-refractivity contribution in [3.05, 3.63) is 60.2 Å². The average molecular weight is 386 g/mol. The zero-order valence-electron chi connectivity index (χ0n) is 14.8. The molecule has 7 nitrogen and oxygen atoms in total. The lowest BCUT2D eigenvalue weighted by Crippen LogP contribution is -2.29. The monoisotopic (exact) mass is 386 g/mol. The maximum absolute atomic E-state index is 12.5. The smallest absolute Gasteiger partial charge is 0.262 e. The molecule has 1 atom stereocenters. The first kappa shape index (κ1) is 19.1. The van der Waals surface area contributed by atoms with E-state index in [9.17, 15) is 13.2 Å². The van der Waals surface area contributed by atoms with Gasteiger partial charge in [0.15, 0.2) is 0 Å². The van der Waals surface area contributed by atoms with Gasteiger partial charge >= 0.3 is 0 Å². The molecule has 2 aromatic carbocycles. The first-order valence-corrected chi connectivity index (χ1v) is 10.2. The summed E-state index contributed by atoms with van der Waals surface area (Å²) in [5.74, 6) is 0.187. The van der Waals surface area contributed by atoms with Gasteiger partial charge in [-0.05, 0) is 30.2 Å². The van der Waals surface area contributed by atoms with Gasteiger partial charge in [-0.3, -0.25) is 14.5 Å². The molecule has 0 spiro atoms. The Kier molecular flexibility index (Phi) is 5.88. The number of nitrogens with one attached hydrogen (secondary N) is 2. The predicted octanol–water partition coefficient (Wildman–Crippen LogP) is 2.19. The van der Waals surface area contributed by atoms with E-state index in [0.29, 0.717) is 24.5 Å². The molecule has 142 valence electrons. The van der Waals surface area contributed by atoms with Gasteiger partial charge in [-0.1, -0.05) is 36.4 Å². The van der Waals surface area contributed by atoms with Crippen molar-refractivity contribution in [1.82, 2.24) is 4.72 Å². The Balaban J connectivity index is 1.65. The highest BCUT2D eigenvalue weighted by Gasteiger charge is 2.19. The Labute approximate surface area is 158 Å². The van der Waals surface area contributed by atoms with Crippen LogP contribution in [0.3, 0.4) is 0 Å². The standard InChI is InChI=1S/C19H22N4O3S/c20-17(14-6-2-1-3-7-14)13-19(24)22-15-8-4-9-16(12-15)27(25,26)23-18-10-5-11-21-18/h1-4,6-9,12,17H,5,10-11,13,20H2,(H,21,23)(H,22,24). The second-order valence-corrected chi connectivity index (χ2v) is 8.02. The summed E-state index contributed by atoms with van der Waals surface area (Å²) in [5.41, 5.74) is 7.33. The number of anilines is 1. The predicted molar refractivity (Wildman–Crippen MR) is 105 cm³/mol. The number of benzene rings is 2. The van der Waals surface area contributed by atoms with E-state index in [1.807, 2.05) is 30.3 Å². The van der Waals surface area contributed by atoms with Crippen molar-refractivity contribution in [3.63, 3.8) is 0 Å². The van der Waals surface area contributed by atoms with Crippen molar-refractivity contribution in [2.24, 2.45) is 10.7 Å². The van der Waals surface area contributed by atoms with Gasteiger partial charge in [0.2, 0.25) is 5.91 Å². The van der Waals surface area contributed by atoms with Crippen LogP contribution in [0, 0.1) is 0 Å². The molecule has 1 aliphatic heterocycles. The molecule has 0 saturated carbocycles. The first-order valence-electron chi connectivity index (χ1n) is 8.70. The maximum Gasteiger partial charge on any atom is 0.262 e. The zero-order valence-corrected chi connectivity index (χ0v) is 15.6. The fourth-order valence-electron chi connectivity index (χ4n) is 2.81. The summed E-state index contributed by atoms with van der Waals surface area (Å²) in [4.78, 5) is 16.5. The quantitative estimate of drug-likeness (QED) is 0.706. The number of nitrogens with zero attached hydrogens (tertiary/aromatic N) is 1. The molecule has 0 saturated heterocycles. The van der Waals surface area contributed by atoms with Crippen LogP contribution in [0.25, 0.3) is 0 Å². The normalized spacial score (nSPS) is 15.1. The molecule has 3 rings (SSSR count). The number of sulfonamides is 1. The van der Waals surface area contributed by atoms with Gasteiger partial charge < -0.3 is 11.1 Å². The fourth-order valence-corrected chi connectivity index (χ4v) is 3.94. The van der Waals surface area contributed by atoms with Gasteiger partial charge in [0.1, 0.15) is 5.84 Å². The Bertz CT molecular complexity index is 942. The summed E-state index contributed by atoms with van der Waals surface area (Å²) >= 11 is 0. The minimum Gasteiger partial charge on any atom is -0.326 e. The van der Waals surface area contributed by atoms with Crippen molar-refractivity contribution >= 4 is 27.5 Å². The summed E-state index contributed by atoms with van der Waals surface area (Å²) in [5, 5.41) is 2.71. The Morgan fingerprint density at radius 2 is 1.93 bits per heavy atom. The summed E-state index contributed by atoms with van der Waals surface area (Å²) in [6, 6.07) is 15.0. The topological polar surface area (TPSA) is 114 Å². The number of rotatable bonds is 6. The van der Waals surface area contributed by atoms with Gasteiger partial charge in [-0.15, -0.1) is 0 Å². The van der Waals surface area contributed by atoms with Crippen molar-refractivity contribution < 1.29 is 13.2 Å². The lowest BCUT2D eigenvalue weighted by Gasteiger charge is -2.13. The second kappa shape index (κ2) is 8.32. The second-order valence-electron chi connectivity index (χ2n) is 6.33. The van der Waals surface area contributed by atoms with Crippen molar-refractivity contribution in [3.8, 4) is 0 Å². The van der Waals surface area contributed by atoms with Crippen LogP contribution in [0.15, 0.2) is 64.5 Å². The third-order valence-corrected chi connectivity index (χ3v) is 5.57. The van der Waals surface area contributed by atoms with Gasteiger partial charge in [-0.2, -0.15) is 0 Å². The van der Waals surface area contributed by atoms with E-state index in [4.69, 9.17) is 5.73 Å². The Morgan fingerprint density at radius 1 is 1.15 bits per heavy atom. The van der Waals surface area contributed by atoms with Gasteiger partial charge in [-0.25, -0.2) is 8.42 Å². The van der Waals surface area contributed by atoms with E-state index in [-0.39, 0.29) is 17.2 Å². The van der Waals surface area contributed by atoms with Crippen LogP contribution in [0.5, 0.6) is 0 Å². The highest BCUT2D eigenvalue weighted by Crippen LogP contribution is 2.18. The number of nitrogens with two attached hydrogens (primary N) is 1. The molecule has 1 aliphatic rings. The van der Waals surface area contributed by atoms with Crippen LogP contribution in [-0.4, -0.2) is 26.7 Å². The van der Waals surface area contributed by atoms with Crippen LogP contribution >= 0.6 is 0 Å². The van der Waals surface area contributed by atoms with Gasteiger partial charge in [0.05, 0.1) is 4.90 Å². The molecule has 1 heterocycles. The van der Waals surface area contributed by atoms with E-state index in [1.165, 1.54) is 12.1 Å². The third kappa shape index (κ3) is 5.15. The number of hydrogen-bond acceptors (Lipinski definition) is 5. The third-order valence-electron chi connectivity index (χ3n) is 4.19. The number of aliphatic imine (C=N–C) groups is 1. The lowest BCUT2D eigenvalue weighted by atomic mass is 10.0. The van der Waals surface area contributed by atoms with Crippen molar-refractivity contribution in [2.45, 2.75) is 30.2 Å².